The summed E-state index contributed by atoms with van der Waals surface area (Å²) in [6, 6.07) is 3.82. The van der Waals surface area contributed by atoms with Gasteiger partial charge in [0.05, 0.1) is 11.8 Å². The summed E-state index contributed by atoms with van der Waals surface area (Å²) >= 11 is 0. The molecule has 3 nitrogen and oxygen atoms in total. The number of benzene rings is 1. The van der Waals surface area contributed by atoms with Gasteiger partial charge in [0.15, 0.2) is 11.6 Å². The van der Waals surface area contributed by atoms with Crippen LogP contribution in [0.3, 0.4) is 0 Å². The van der Waals surface area contributed by atoms with Gasteiger partial charge in [-0.05, 0) is 104 Å². The SMILES string of the molecule is C[C@]12CC[C@H]3[C@@H](CC=C4C[C@@H](O)CC[C@@]43C)[C@@H]1CC[C@@H]2C(/C=C/c1ccc(F)c(F)c1)=N/O. The molecule has 4 aliphatic rings. The Morgan fingerprint density at radius 3 is 2.64 bits per heavy atom. The summed E-state index contributed by atoms with van der Waals surface area (Å²) in [5.74, 6) is 0.288. The van der Waals surface area contributed by atoms with Crippen LogP contribution in [0, 0.1) is 46.1 Å². The zero-order valence-electron chi connectivity index (χ0n) is 19.6. The third-order valence-electron chi connectivity index (χ3n) is 9.94. The first-order valence-electron chi connectivity index (χ1n) is 12.5. The highest BCUT2D eigenvalue weighted by Crippen LogP contribution is 2.66. The maximum absolute atomic E-state index is 13.6. The van der Waals surface area contributed by atoms with E-state index in [-0.39, 0.29) is 22.9 Å². The van der Waals surface area contributed by atoms with E-state index in [0.717, 1.165) is 51.0 Å². The normalized spacial score (nSPS) is 40.8. The predicted molar refractivity (Wildman–Crippen MR) is 126 cm³/mol. The minimum Gasteiger partial charge on any atom is -0.411 e. The highest BCUT2D eigenvalue weighted by molar-refractivity contribution is 6.00. The molecule has 0 spiro atoms. The highest BCUT2D eigenvalue weighted by Gasteiger charge is 2.59. The monoisotopic (exact) mass is 455 g/mol. The topological polar surface area (TPSA) is 52.8 Å². The predicted octanol–water partition coefficient (Wildman–Crippen LogP) is 6.75. The van der Waals surface area contributed by atoms with Crippen LogP contribution in [0.25, 0.3) is 6.08 Å². The second kappa shape index (κ2) is 8.33. The van der Waals surface area contributed by atoms with Crippen LogP contribution in [-0.2, 0) is 0 Å². The van der Waals surface area contributed by atoms with Crippen LogP contribution in [0.2, 0.25) is 0 Å². The molecule has 4 aliphatic carbocycles. The fourth-order valence-electron chi connectivity index (χ4n) is 8.14. The number of rotatable bonds is 3. The van der Waals surface area contributed by atoms with Crippen LogP contribution in [0.5, 0.6) is 0 Å². The summed E-state index contributed by atoms with van der Waals surface area (Å²) in [6.07, 6.45) is 14.0. The zero-order chi connectivity index (χ0) is 23.4. The summed E-state index contributed by atoms with van der Waals surface area (Å²) < 4.78 is 26.8. The molecule has 5 heteroatoms. The largest absolute Gasteiger partial charge is 0.411 e. The van der Waals surface area contributed by atoms with Crippen molar-refractivity contribution in [3.63, 3.8) is 0 Å². The summed E-state index contributed by atoms with van der Waals surface area (Å²) in [7, 11) is 0. The molecule has 0 heterocycles. The van der Waals surface area contributed by atoms with Crippen LogP contribution >= 0.6 is 0 Å². The lowest BCUT2D eigenvalue weighted by Gasteiger charge is -2.58. The zero-order valence-corrected chi connectivity index (χ0v) is 19.6. The van der Waals surface area contributed by atoms with E-state index in [2.05, 4.69) is 25.1 Å². The molecule has 1 aromatic rings. The van der Waals surface area contributed by atoms with E-state index in [1.807, 2.05) is 0 Å². The molecule has 2 N–H and O–H groups in total. The van der Waals surface area contributed by atoms with Crippen LogP contribution < -0.4 is 0 Å². The van der Waals surface area contributed by atoms with Gasteiger partial charge < -0.3 is 10.3 Å². The average molecular weight is 456 g/mol. The standard InChI is InChI=1S/C28H35F2NO2/c1-27-13-11-19(32)16-18(27)5-6-20-21-7-8-23(28(21,2)14-12-22(20)27)26(31-33)10-4-17-3-9-24(29)25(30)15-17/h3-5,9-10,15,19-23,32-33H,6-8,11-14,16H2,1-2H3/b10-4+,31-26+/t19-,20-,21-,22-,23+,27-,28-/m0/s1. The molecule has 5 rings (SSSR count). The molecule has 0 unspecified atom stereocenters. The molecule has 1 aromatic carbocycles. The molecule has 0 amide bonds. The van der Waals surface area contributed by atoms with Gasteiger partial charge in [-0.3, -0.25) is 0 Å². The van der Waals surface area contributed by atoms with Gasteiger partial charge in [0.25, 0.3) is 0 Å². The molecule has 7 atom stereocenters. The molecular formula is C28H35F2NO2. The van der Waals surface area contributed by atoms with E-state index in [4.69, 9.17) is 0 Å². The van der Waals surface area contributed by atoms with Crippen molar-refractivity contribution in [3.8, 4) is 0 Å². The van der Waals surface area contributed by atoms with Crippen molar-refractivity contribution in [1.82, 2.24) is 0 Å². The molecule has 0 aliphatic heterocycles. The molecule has 3 saturated carbocycles. The van der Waals surface area contributed by atoms with Gasteiger partial charge in [-0.15, -0.1) is 0 Å². The number of allylic oxidation sites excluding steroid dienone is 2. The van der Waals surface area contributed by atoms with E-state index in [1.165, 1.54) is 24.1 Å². The minimum atomic E-state index is -0.876. The third kappa shape index (κ3) is 3.67. The Morgan fingerprint density at radius 1 is 1.06 bits per heavy atom. The van der Waals surface area contributed by atoms with E-state index in [0.29, 0.717) is 29.0 Å². The number of nitrogens with zero attached hydrogens (tertiary/aromatic N) is 1. The van der Waals surface area contributed by atoms with Gasteiger partial charge in [0.2, 0.25) is 0 Å². The summed E-state index contributed by atoms with van der Waals surface area (Å²) in [6.45, 7) is 4.80. The molecule has 0 aromatic heterocycles. The second-order valence-electron chi connectivity index (χ2n) is 11.4. The van der Waals surface area contributed by atoms with Crippen LogP contribution in [0.4, 0.5) is 8.78 Å². The van der Waals surface area contributed by atoms with Crippen LogP contribution in [-0.4, -0.2) is 22.1 Å². The van der Waals surface area contributed by atoms with Crippen LogP contribution in [0.1, 0.15) is 70.8 Å². The average Bonchev–Trinajstić information content (AvgIpc) is 3.14. The van der Waals surface area contributed by atoms with Gasteiger partial charge in [0, 0.05) is 5.92 Å². The Labute approximate surface area is 195 Å². The van der Waals surface area contributed by atoms with Gasteiger partial charge in [-0.1, -0.05) is 42.8 Å². The van der Waals surface area contributed by atoms with Crippen molar-refractivity contribution in [2.24, 2.45) is 39.7 Å². The Hall–Kier alpha value is -2.01. The molecule has 178 valence electrons. The highest BCUT2D eigenvalue weighted by atomic mass is 19.2. The number of hydrogen-bond donors (Lipinski definition) is 2. The molecule has 0 bridgehead atoms. The maximum Gasteiger partial charge on any atom is 0.159 e. The van der Waals surface area contributed by atoms with Gasteiger partial charge >= 0.3 is 0 Å². The van der Waals surface area contributed by atoms with Gasteiger partial charge in [0.1, 0.15) is 0 Å². The summed E-state index contributed by atoms with van der Waals surface area (Å²) in [5, 5.41) is 23.8. The lowest BCUT2D eigenvalue weighted by Crippen LogP contribution is -2.51. The maximum atomic E-state index is 13.6. The van der Waals surface area contributed by atoms with E-state index < -0.39 is 11.6 Å². The fraction of sp³-hybridized carbons (Fsp3) is 0.607. The Balaban J connectivity index is 1.38. The smallest absolute Gasteiger partial charge is 0.159 e. The molecule has 0 radical (unpaired) electrons. The van der Waals surface area contributed by atoms with E-state index in [9.17, 15) is 19.1 Å². The Kier molecular flexibility index (Phi) is 5.75. The number of fused-ring (bicyclic) bond motifs is 5. The Bertz CT molecular complexity index is 1020. The van der Waals surface area contributed by atoms with Crippen molar-refractivity contribution < 1.29 is 19.1 Å². The molecular weight excluding hydrogens is 420 g/mol. The molecule has 3 fully saturated rings. The van der Waals surface area contributed by atoms with E-state index >= 15 is 0 Å². The van der Waals surface area contributed by atoms with E-state index in [1.54, 1.807) is 12.2 Å². The van der Waals surface area contributed by atoms with Crippen LogP contribution in [0.15, 0.2) is 41.1 Å². The first kappa shape index (κ1) is 22.8. The number of oxime groups is 1. The van der Waals surface area contributed by atoms with Crippen molar-refractivity contribution in [1.29, 1.82) is 0 Å². The van der Waals surface area contributed by atoms with Crippen molar-refractivity contribution in [3.05, 3.63) is 53.1 Å². The first-order chi connectivity index (χ1) is 15.8. The van der Waals surface area contributed by atoms with Crippen molar-refractivity contribution in [2.75, 3.05) is 0 Å². The Morgan fingerprint density at radius 2 is 1.88 bits per heavy atom. The lowest BCUT2D eigenvalue weighted by molar-refractivity contribution is -0.0424. The summed E-state index contributed by atoms with van der Waals surface area (Å²) in [4.78, 5) is 0. The van der Waals surface area contributed by atoms with Gasteiger partial charge in [-0.25, -0.2) is 8.78 Å². The quantitative estimate of drug-likeness (QED) is 0.229. The second-order valence-corrected chi connectivity index (χ2v) is 11.4. The summed E-state index contributed by atoms with van der Waals surface area (Å²) in [5.41, 5.74) is 2.95. The third-order valence-corrected chi connectivity index (χ3v) is 9.94. The van der Waals surface area contributed by atoms with Crippen molar-refractivity contribution >= 4 is 11.8 Å². The number of aliphatic hydroxyl groups is 1. The number of halogens is 2. The molecule has 33 heavy (non-hydrogen) atoms. The number of hydrogen-bond acceptors (Lipinski definition) is 3. The fourth-order valence-corrected chi connectivity index (χ4v) is 8.14. The minimum absolute atomic E-state index is 0.0665. The molecule has 0 saturated heterocycles. The lowest BCUT2D eigenvalue weighted by atomic mass is 9.47. The number of aliphatic hydroxyl groups excluding tert-OH is 1. The first-order valence-corrected chi connectivity index (χ1v) is 12.5. The van der Waals surface area contributed by atoms with Gasteiger partial charge in [-0.2, -0.15) is 0 Å². The van der Waals surface area contributed by atoms with Crippen molar-refractivity contribution in [2.45, 2.75) is 71.3 Å².